The molecule has 0 fully saturated rings. The lowest BCUT2D eigenvalue weighted by Crippen LogP contribution is -2.36. The lowest BCUT2D eigenvalue weighted by molar-refractivity contribution is -0.140. The maximum absolute atomic E-state index is 12.9. The Hall–Kier alpha value is -2.67. The Morgan fingerprint density at radius 2 is 1.64 bits per heavy atom. The minimum atomic E-state index is -3.48. The fraction of sp³-hybridized carbons (Fsp3) is 0.333. The van der Waals surface area contributed by atoms with E-state index in [1.54, 1.807) is 42.2 Å². The highest BCUT2D eigenvalue weighted by atomic mass is 32.2. The first-order chi connectivity index (χ1) is 13.2. The maximum atomic E-state index is 12.9. The quantitative estimate of drug-likeness (QED) is 0.664. The van der Waals surface area contributed by atoms with E-state index in [1.807, 2.05) is 19.9 Å². The first kappa shape index (κ1) is 21.6. The summed E-state index contributed by atoms with van der Waals surface area (Å²) >= 11 is 0. The second kappa shape index (κ2) is 9.01. The van der Waals surface area contributed by atoms with Crippen LogP contribution in [0.3, 0.4) is 0 Å². The molecule has 0 spiro atoms. The number of sulfone groups is 1. The van der Waals surface area contributed by atoms with Crippen molar-refractivity contribution in [3.05, 3.63) is 65.2 Å². The molecule has 2 aromatic rings. The van der Waals surface area contributed by atoms with Crippen molar-refractivity contribution in [1.29, 1.82) is 0 Å². The largest absolute Gasteiger partial charge is 0.444 e. The number of hydrogen-bond acceptors (Lipinski definition) is 5. The van der Waals surface area contributed by atoms with Gasteiger partial charge in [0, 0.05) is 24.9 Å². The van der Waals surface area contributed by atoms with Crippen molar-refractivity contribution in [2.24, 2.45) is 0 Å². The number of likely N-dealkylation sites (N-methyl/N-ethyl adjacent to an activating group) is 1. The number of carbonyl (C=O) groups is 2. The molecule has 7 heteroatoms. The molecule has 0 heterocycles. The smallest absolute Gasteiger partial charge is 0.339 e. The minimum Gasteiger partial charge on any atom is -0.444 e. The molecule has 0 aliphatic rings. The van der Waals surface area contributed by atoms with Gasteiger partial charge in [0.2, 0.25) is 6.10 Å². The minimum absolute atomic E-state index is 0.0244. The van der Waals surface area contributed by atoms with E-state index in [0.717, 1.165) is 6.26 Å². The molecule has 1 atom stereocenters. The Labute approximate surface area is 166 Å². The molecule has 1 amide bonds. The topological polar surface area (TPSA) is 80.8 Å². The van der Waals surface area contributed by atoms with Crippen LogP contribution in [0, 0.1) is 6.92 Å². The third kappa shape index (κ3) is 4.98. The third-order valence-corrected chi connectivity index (χ3v) is 5.59. The molecule has 0 unspecified atom stereocenters. The summed E-state index contributed by atoms with van der Waals surface area (Å²) in [5.74, 6) is -1.06. The van der Waals surface area contributed by atoms with Gasteiger partial charge in [-0.1, -0.05) is 36.4 Å². The summed E-state index contributed by atoms with van der Waals surface area (Å²) in [5, 5.41) is 0. The molecule has 0 bridgehead atoms. The zero-order chi connectivity index (χ0) is 20.9. The lowest BCUT2D eigenvalue weighted by Gasteiger charge is -2.25. The highest BCUT2D eigenvalue weighted by Crippen LogP contribution is 2.24. The molecular formula is C21H25NO5S. The van der Waals surface area contributed by atoms with Crippen molar-refractivity contribution in [2.75, 3.05) is 19.3 Å². The van der Waals surface area contributed by atoms with Crippen LogP contribution in [0.5, 0.6) is 0 Å². The second-order valence-electron chi connectivity index (χ2n) is 6.46. The van der Waals surface area contributed by atoms with Crippen LogP contribution in [0.1, 0.15) is 41.4 Å². The predicted octanol–water partition coefficient (Wildman–Crippen LogP) is 3.17. The number of hydrogen-bond donors (Lipinski definition) is 0. The van der Waals surface area contributed by atoms with Crippen molar-refractivity contribution >= 4 is 21.7 Å². The summed E-state index contributed by atoms with van der Waals surface area (Å²) in [7, 11) is -3.48. The van der Waals surface area contributed by atoms with Gasteiger partial charge in [0.25, 0.3) is 5.91 Å². The normalized spacial score (nSPS) is 12.3. The van der Waals surface area contributed by atoms with Gasteiger partial charge in [-0.3, -0.25) is 4.79 Å². The Kier molecular flexibility index (Phi) is 6.96. The molecule has 0 aromatic heterocycles. The third-order valence-electron chi connectivity index (χ3n) is 4.48. The Balaban J connectivity index is 2.42. The highest BCUT2D eigenvalue weighted by Gasteiger charge is 2.29. The molecule has 0 saturated carbocycles. The number of benzene rings is 2. The van der Waals surface area contributed by atoms with E-state index in [1.165, 1.54) is 12.1 Å². The molecule has 0 radical (unpaired) electrons. The van der Waals surface area contributed by atoms with Crippen LogP contribution < -0.4 is 0 Å². The Bertz CT molecular complexity index is 950. The van der Waals surface area contributed by atoms with Gasteiger partial charge in [-0.25, -0.2) is 13.2 Å². The number of ether oxygens (including phenoxy) is 1. The summed E-state index contributed by atoms with van der Waals surface area (Å²) in [4.78, 5) is 27.4. The molecule has 2 aromatic carbocycles. The van der Waals surface area contributed by atoms with E-state index >= 15 is 0 Å². The van der Waals surface area contributed by atoms with Crippen molar-refractivity contribution in [2.45, 2.75) is 31.8 Å². The highest BCUT2D eigenvalue weighted by molar-refractivity contribution is 7.90. The van der Waals surface area contributed by atoms with E-state index < -0.39 is 21.9 Å². The van der Waals surface area contributed by atoms with Crippen LogP contribution in [0.15, 0.2) is 53.4 Å². The van der Waals surface area contributed by atoms with E-state index in [2.05, 4.69) is 0 Å². The van der Waals surface area contributed by atoms with Gasteiger partial charge in [0.15, 0.2) is 9.84 Å². The van der Waals surface area contributed by atoms with Gasteiger partial charge in [-0.2, -0.15) is 0 Å². The Morgan fingerprint density at radius 3 is 2.18 bits per heavy atom. The summed E-state index contributed by atoms with van der Waals surface area (Å²) in [5.41, 5.74) is 1.25. The van der Waals surface area contributed by atoms with Crippen molar-refractivity contribution < 1.29 is 22.7 Å². The molecule has 0 N–H and O–H groups in total. The van der Waals surface area contributed by atoms with E-state index in [4.69, 9.17) is 4.74 Å². The van der Waals surface area contributed by atoms with Gasteiger partial charge in [-0.05, 0) is 38.5 Å². The van der Waals surface area contributed by atoms with Crippen LogP contribution >= 0.6 is 0 Å². The predicted molar refractivity (Wildman–Crippen MR) is 107 cm³/mol. The van der Waals surface area contributed by atoms with Gasteiger partial charge in [0.1, 0.15) is 0 Å². The first-order valence-electron chi connectivity index (χ1n) is 9.04. The summed E-state index contributed by atoms with van der Waals surface area (Å²) < 4.78 is 29.2. The number of rotatable bonds is 7. The number of esters is 1. The lowest BCUT2D eigenvalue weighted by atomic mass is 10.1. The number of amides is 1. The van der Waals surface area contributed by atoms with Gasteiger partial charge >= 0.3 is 5.97 Å². The summed E-state index contributed by atoms with van der Waals surface area (Å²) in [6.07, 6.45) is -0.0291. The van der Waals surface area contributed by atoms with Crippen LogP contribution in [-0.2, 0) is 19.4 Å². The van der Waals surface area contributed by atoms with Crippen LogP contribution in [-0.4, -0.2) is 44.5 Å². The molecule has 0 aliphatic heterocycles. The molecule has 0 aliphatic carbocycles. The average Bonchev–Trinajstić information content (AvgIpc) is 2.66. The summed E-state index contributed by atoms with van der Waals surface area (Å²) in [6.45, 7) is 6.36. The zero-order valence-electron chi connectivity index (χ0n) is 16.5. The molecule has 6 nitrogen and oxygen atoms in total. The average molecular weight is 404 g/mol. The molecule has 28 heavy (non-hydrogen) atoms. The SMILES string of the molecule is CCN(CC)C(=O)[C@H](OC(=O)c1cc(S(C)(=O)=O)ccc1C)c1ccccc1. The van der Waals surface area contributed by atoms with Crippen LogP contribution in [0.2, 0.25) is 0 Å². The fourth-order valence-electron chi connectivity index (χ4n) is 2.81. The fourth-order valence-corrected chi connectivity index (χ4v) is 3.46. The molecular weight excluding hydrogens is 378 g/mol. The van der Waals surface area contributed by atoms with Crippen molar-refractivity contribution in [3.8, 4) is 0 Å². The summed E-state index contributed by atoms with van der Waals surface area (Å²) in [6, 6.07) is 13.1. The van der Waals surface area contributed by atoms with Crippen LogP contribution in [0.4, 0.5) is 0 Å². The van der Waals surface area contributed by atoms with Gasteiger partial charge in [-0.15, -0.1) is 0 Å². The second-order valence-corrected chi connectivity index (χ2v) is 8.47. The van der Waals surface area contributed by atoms with Crippen molar-refractivity contribution in [3.63, 3.8) is 0 Å². The Morgan fingerprint density at radius 1 is 1.04 bits per heavy atom. The number of aryl methyl sites for hydroxylation is 1. The standard InChI is InChI=1S/C21H25NO5S/c1-5-22(6-2)20(23)19(16-10-8-7-9-11-16)27-21(24)18-14-17(28(4,25)26)13-12-15(18)3/h7-14,19H,5-6H2,1-4H3/t19-/m1/s1. The van der Waals surface area contributed by atoms with E-state index in [9.17, 15) is 18.0 Å². The molecule has 150 valence electrons. The zero-order valence-corrected chi connectivity index (χ0v) is 17.3. The first-order valence-corrected chi connectivity index (χ1v) is 10.9. The number of nitrogens with zero attached hydrogens (tertiary/aromatic N) is 1. The number of carbonyl (C=O) groups excluding carboxylic acids is 2. The molecule has 2 rings (SSSR count). The van der Waals surface area contributed by atoms with Gasteiger partial charge in [0.05, 0.1) is 10.5 Å². The van der Waals surface area contributed by atoms with E-state index in [-0.39, 0.29) is 16.4 Å². The van der Waals surface area contributed by atoms with Crippen LogP contribution in [0.25, 0.3) is 0 Å². The molecule has 0 saturated heterocycles. The van der Waals surface area contributed by atoms with E-state index in [0.29, 0.717) is 24.2 Å². The van der Waals surface area contributed by atoms with Crippen molar-refractivity contribution in [1.82, 2.24) is 4.90 Å². The van der Waals surface area contributed by atoms with Gasteiger partial charge < -0.3 is 9.64 Å². The maximum Gasteiger partial charge on any atom is 0.339 e. The monoisotopic (exact) mass is 403 g/mol.